The summed E-state index contributed by atoms with van der Waals surface area (Å²) in [4.78, 5) is 23.9. The molecule has 0 unspecified atom stereocenters. The summed E-state index contributed by atoms with van der Waals surface area (Å²) < 4.78 is 31.5. The van der Waals surface area contributed by atoms with Crippen LogP contribution in [0.25, 0.3) is 0 Å². The molecule has 1 saturated heterocycles. The summed E-state index contributed by atoms with van der Waals surface area (Å²) in [6.45, 7) is 3.20. The number of hydrogen-bond donors (Lipinski definition) is 1. The predicted octanol–water partition coefficient (Wildman–Crippen LogP) is 0.873. The molecule has 1 fully saturated rings. The van der Waals surface area contributed by atoms with Crippen LogP contribution in [-0.4, -0.2) is 44.2 Å². The number of piperidine rings is 1. The minimum atomic E-state index is -3.53. The zero-order valence-corrected chi connectivity index (χ0v) is 15.6. The maximum absolute atomic E-state index is 12.4. The summed E-state index contributed by atoms with van der Waals surface area (Å²) in [5, 5.41) is 10.5. The number of nitriles is 1. The van der Waals surface area contributed by atoms with Gasteiger partial charge in [-0.3, -0.25) is 9.59 Å². The van der Waals surface area contributed by atoms with Crippen molar-refractivity contribution in [1.82, 2.24) is 4.31 Å². The van der Waals surface area contributed by atoms with Crippen LogP contribution in [0.5, 0.6) is 0 Å². The van der Waals surface area contributed by atoms with Crippen molar-refractivity contribution in [2.45, 2.75) is 17.1 Å². The van der Waals surface area contributed by atoms with Crippen molar-refractivity contribution in [3.05, 3.63) is 29.8 Å². The highest BCUT2D eigenvalue weighted by atomic mass is 32.2. The molecule has 2 N–H and O–H groups in total. The Kier molecular flexibility index (Phi) is 6.52. The van der Waals surface area contributed by atoms with Crippen LogP contribution < -0.4 is 5.73 Å². The maximum atomic E-state index is 12.4. The highest BCUT2D eigenvalue weighted by Gasteiger charge is 2.33. The average molecular weight is 397 g/mol. The van der Waals surface area contributed by atoms with E-state index in [1.54, 1.807) is 23.6 Å². The lowest BCUT2D eigenvalue weighted by atomic mass is 9.98. The number of rotatable bonds is 7. The molecule has 2 heterocycles. The number of Topliss-reactive ketones (excluding diaryl/α,β-unsaturated/α-hetero) is 1. The lowest BCUT2D eigenvalue weighted by Gasteiger charge is -2.29. The molecule has 1 aromatic heterocycles. The summed E-state index contributed by atoms with van der Waals surface area (Å²) in [7, 11) is -3.53. The molecular formula is C16H19N3O5S2. The molecule has 0 spiro atoms. The van der Waals surface area contributed by atoms with Gasteiger partial charge in [-0.25, -0.2) is 8.42 Å². The first-order valence-electron chi connectivity index (χ1n) is 7.84. The van der Waals surface area contributed by atoms with Gasteiger partial charge in [0.1, 0.15) is 10.1 Å². The molecule has 0 amide bonds. The number of sulfonamides is 1. The van der Waals surface area contributed by atoms with Crippen molar-refractivity contribution in [3.8, 4) is 6.07 Å². The Balaban J connectivity index is 1.86. The molecule has 0 saturated carbocycles. The SMILES string of the molecule is C=C(N)[C@@H](C#N)C(=O)COC(=O)C1CCN(S(=O)(=O)c2cccs2)CC1. The molecule has 0 radical (unpaired) electrons. The minimum absolute atomic E-state index is 0.0966. The van der Waals surface area contributed by atoms with Crippen LogP contribution in [0.15, 0.2) is 34.0 Å². The van der Waals surface area contributed by atoms with Crippen molar-refractivity contribution in [2.75, 3.05) is 19.7 Å². The van der Waals surface area contributed by atoms with Gasteiger partial charge in [0.2, 0.25) is 0 Å². The van der Waals surface area contributed by atoms with Crippen molar-refractivity contribution in [1.29, 1.82) is 5.26 Å². The van der Waals surface area contributed by atoms with Gasteiger partial charge in [0.25, 0.3) is 10.0 Å². The maximum Gasteiger partial charge on any atom is 0.309 e. The molecule has 1 atom stereocenters. The first-order valence-corrected chi connectivity index (χ1v) is 10.2. The summed E-state index contributed by atoms with van der Waals surface area (Å²) >= 11 is 1.15. The Morgan fingerprint density at radius 3 is 2.62 bits per heavy atom. The number of carbonyl (C=O) groups is 2. The highest BCUT2D eigenvalue weighted by molar-refractivity contribution is 7.91. The van der Waals surface area contributed by atoms with Crippen molar-refractivity contribution < 1.29 is 22.7 Å². The molecule has 1 aliphatic rings. The topological polar surface area (TPSA) is 131 Å². The fraction of sp³-hybridized carbons (Fsp3) is 0.438. The fourth-order valence-electron chi connectivity index (χ4n) is 2.57. The Bertz CT molecular complexity index is 819. The number of ether oxygens (including phenoxy) is 1. The monoisotopic (exact) mass is 397 g/mol. The molecule has 140 valence electrons. The zero-order valence-electron chi connectivity index (χ0n) is 14.0. The Hall–Kier alpha value is -2.22. The van der Waals surface area contributed by atoms with E-state index in [1.165, 1.54) is 4.31 Å². The minimum Gasteiger partial charge on any atom is -0.457 e. The fourth-order valence-corrected chi connectivity index (χ4v) is 5.19. The van der Waals surface area contributed by atoms with Crippen LogP contribution in [0.3, 0.4) is 0 Å². The van der Waals surface area contributed by atoms with Crippen LogP contribution in [0, 0.1) is 23.2 Å². The molecule has 1 aromatic rings. The number of thiophene rings is 1. The van der Waals surface area contributed by atoms with Gasteiger partial charge < -0.3 is 10.5 Å². The lowest BCUT2D eigenvalue weighted by molar-refractivity contribution is -0.153. The van der Waals surface area contributed by atoms with Crippen molar-refractivity contribution in [2.24, 2.45) is 17.6 Å². The summed E-state index contributed by atoms with van der Waals surface area (Å²) in [6, 6.07) is 4.92. The van der Waals surface area contributed by atoms with E-state index in [1.807, 2.05) is 0 Å². The standard InChI is InChI=1S/C16H19N3O5S2/c1-11(18)13(9-17)14(20)10-24-16(21)12-4-6-19(7-5-12)26(22,23)15-3-2-8-25-15/h2-3,8,12-13H,1,4-7,10,18H2/t13-/m1/s1. The van der Waals surface area contributed by atoms with Gasteiger partial charge in [0.15, 0.2) is 12.4 Å². The molecule has 2 rings (SSSR count). The second-order valence-electron chi connectivity index (χ2n) is 5.82. The van der Waals surface area contributed by atoms with Crippen LogP contribution in [0.2, 0.25) is 0 Å². The molecule has 0 bridgehead atoms. The van der Waals surface area contributed by atoms with Crippen molar-refractivity contribution in [3.63, 3.8) is 0 Å². The van der Waals surface area contributed by atoms with Gasteiger partial charge in [-0.1, -0.05) is 12.6 Å². The van der Waals surface area contributed by atoms with Gasteiger partial charge in [-0.2, -0.15) is 9.57 Å². The second-order valence-corrected chi connectivity index (χ2v) is 8.93. The number of nitrogens with zero attached hydrogens (tertiary/aromatic N) is 2. The zero-order chi connectivity index (χ0) is 19.3. The molecule has 8 nitrogen and oxygen atoms in total. The van der Waals surface area contributed by atoms with E-state index < -0.39 is 40.2 Å². The smallest absolute Gasteiger partial charge is 0.309 e. The van der Waals surface area contributed by atoms with Gasteiger partial charge in [0.05, 0.1) is 12.0 Å². The molecule has 26 heavy (non-hydrogen) atoms. The molecule has 0 aromatic carbocycles. The Morgan fingerprint density at radius 2 is 2.12 bits per heavy atom. The molecular weight excluding hydrogens is 378 g/mol. The van der Waals surface area contributed by atoms with E-state index in [4.69, 9.17) is 15.7 Å². The van der Waals surface area contributed by atoms with Gasteiger partial charge >= 0.3 is 5.97 Å². The third-order valence-corrected chi connectivity index (χ3v) is 7.33. The highest BCUT2D eigenvalue weighted by Crippen LogP contribution is 2.26. The number of hydrogen-bond acceptors (Lipinski definition) is 8. The van der Waals surface area contributed by atoms with Gasteiger partial charge in [-0.15, -0.1) is 11.3 Å². The predicted molar refractivity (Wildman–Crippen MR) is 94.2 cm³/mol. The molecule has 1 aliphatic heterocycles. The van der Waals surface area contributed by atoms with Gasteiger partial charge in [-0.05, 0) is 24.3 Å². The summed E-state index contributed by atoms with van der Waals surface area (Å²) in [5.74, 6) is -2.91. The van der Waals surface area contributed by atoms with E-state index in [0.29, 0.717) is 12.8 Å². The first-order chi connectivity index (χ1) is 12.3. The Morgan fingerprint density at radius 1 is 1.46 bits per heavy atom. The first kappa shape index (κ1) is 20.1. The van der Waals surface area contributed by atoms with E-state index in [-0.39, 0.29) is 23.0 Å². The van der Waals surface area contributed by atoms with Crippen LogP contribution in [-0.2, 0) is 24.3 Å². The van der Waals surface area contributed by atoms with E-state index in [9.17, 15) is 18.0 Å². The molecule has 0 aliphatic carbocycles. The van der Waals surface area contributed by atoms with Gasteiger partial charge in [0, 0.05) is 18.8 Å². The van der Waals surface area contributed by atoms with Crippen LogP contribution >= 0.6 is 11.3 Å². The quantitative estimate of drug-likeness (QED) is 0.676. The average Bonchev–Trinajstić information content (AvgIpc) is 3.15. The summed E-state index contributed by atoms with van der Waals surface area (Å²) in [5.41, 5.74) is 5.26. The number of ketones is 1. The van der Waals surface area contributed by atoms with Crippen LogP contribution in [0.4, 0.5) is 0 Å². The van der Waals surface area contributed by atoms with E-state index in [2.05, 4.69) is 6.58 Å². The third kappa shape index (κ3) is 4.49. The Labute approximate surface area is 155 Å². The largest absolute Gasteiger partial charge is 0.457 e. The van der Waals surface area contributed by atoms with Crippen molar-refractivity contribution >= 4 is 33.1 Å². The normalized spacial score (nSPS) is 17.2. The molecule has 10 heteroatoms. The number of allylic oxidation sites excluding steroid dienone is 1. The third-order valence-electron chi connectivity index (χ3n) is 4.06. The second kappa shape index (κ2) is 8.44. The van der Waals surface area contributed by atoms with Crippen LogP contribution in [0.1, 0.15) is 12.8 Å². The van der Waals surface area contributed by atoms with E-state index in [0.717, 1.165) is 11.3 Å². The summed E-state index contributed by atoms with van der Waals surface area (Å²) in [6.07, 6.45) is 0.617. The number of esters is 1. The lowest BCUT2D eigenvalue weighted by Crippen LogP contribution is -2.40. The number of carbonyl (C=O) groups excluding carboxylic acids is 2. The van der Waals surface area contributed by atoms with E-state index >= 15 is 0 Å². The number of nitrogens with two attached hydrogens (primary N) is 1.